The molecule has 0 radical (unpaired) electrons. The van der Waals surface area contributed by atoms with Crippen LogP contribution in [0.3, 0.4) is 0 Å². The van der Waals surface area contributed by atoms with Crippen LogP contribution >= 0.6 is 0 Å². The third kappa shape index (κ3) is 1.77. The smallest absolute Gasteiger partial charge is 0.0513 e. The molecule has 0 saturated carbocycles. The minimum Gasteiger partial charge on any atom is -0.350 e. The Balaban J connectivity index is 2.82. The predicted molar refractivity (Wildman–Crippen MR) is 74.5 cm³/mol. The van der Waals surface area contributed by atoms with Crippen LogP contribution < -0.4 is 5.32 Å². The van der Waals surface area contributed by atoms with Gasteiger partial charge in [0.25, 0.3) is 0 Å². The van der Waals surface area contributed by atoms with E-state index in [2.05, 4.69) is 63.0 Å². The lowest BCUT2D eigenvalue weighted by molar-refractivity contribution is 0.447. The van der Waals surface area contributed by atoms with E-state index in [-0.39, 0.29) is 5.54 Å². The van der Waals surface area contributed by atoms with Gasteiger partial charge in [-0.15, -0.1) is 0 Å². The van der Waals surface area contributed by atoms with Gasteiger partial charge in [0.1, 0.15) is 0 Å². The van der Waals surface area contributed by atoms with Crippen molar-refractivity contribution in [2.24, 2.45) is 7.05 Å². The summed E-state index contributed by atoms with van der Waals surface area (Å²) in [6.07, 6.45) is 2.24. The molecule has 0 fully saturated rings. The summed E-state index contributed by atoms with van der Waals surface area (Å²) in [4.78, 5) is 0. The van der Waals surface area contributed by atoms with Crippen molar-refractivity contribution >= 4 is 10.9 Å². The minimum atomic E-state index is 0.00120. The van der Waals surface area contributed by atoms with Crippen molar-refractivity contribution in [1.29, 1.82) is 0 Å². The number of hydrogen-bond donors (Lipinski definition) is 1. The highest BCUT2D eigenvalue weighted by Crippen LogP contribution is 2.32. The average Bonchev–Trinajstić information content (AvgIpc) is 2.62. The number of aryl methyl sites for hydroxylation is 3. The fourth-order valence-electron chi connectivity index (χ4n) is 2.43. The Hall–Kier alpha value is -1.28. The molecule has 0 unspecified atom stereocenters. The minimum absolute atomic E-state index is 0.00120. The lowest BCUT2D eigenvalue weighted by Gasteiger charge is -2.23. The van der Waals surface area contributed by atoms with Crippen LogP contribution in [-0.4, -0.2) is 11.6 Å². The molecule has 0 aliphatic rings. The first kappa shape index (κ1) is 12.2. The Bertz CT molecular complexity index is 562. The second kappa shape index (κ2) is 3.88. The van der Waals surface area contributed by atoms with Gasteiger partial charge in [-0.3, -0.25) is 0 Å². The maximum Gasteiger partial charge on any atom is 0.0513 e. The summed E-state index contributed by atoms with van der Waals surface area (Å²) in [6, 6.07) is 4.46. The van der Waals surface area contributed by atoms with E-state index in [1.54, 1.807) is 0 Å². The second-order valence-corrected chi connectivity index (χ2v) is 5.43. The van der Waals surface area contributed by atoms with E-state index in [9.17, 15) is 0 Å². The zero-order chi connectivity index (χ0) is 12.8. The number of rotatable bonds is 2. The highest BCUT2D eigenvalue weighted by atomic mass is 15.0. The molecular weight excluding hydrogens is 208 g/mol. The fourth-order valence-corrected chi connectivity index (χ4v) is 2.43. The number of benzene rings is 1. The van der Waals surface area contributed by atoms with Gasteiger partial charge in [-0.05, 0) is 51.4 Å². The van der Waals surface area contributed by atoms with Crippen molar-refractivity contribution in [3.8, 4) is 0 Å². The molecule has 1 aromatic carbocycles. The summed E-state index contributed by atoms with van der Waals surface area (Å²) in [5.41, 5.74) is 5.45. The molecule has 0 spiro atoms. The Morgan fingerprint density at radius 3 is 2.41 bits per heavy atom. The quantitative estimate of drug-likeness (QED) is 0.838. The molecule has 0 aliphatic carbocycles. The van der Waals surface area contributed by atoms with Crippen molar-refractivity contribution in [2.75, 3.05) is 7.05 Å². The van der Waals surface area contributed by atoms with E-state index in [0.29, 0.717) is 0 Å². The van der Waals surface area contributed by atoms with Gasteiger partial charge in [-0.2, -0.15) is 0 Å². The number of hydrogen-bond acceptors (Lipinski definition) is 1. The van der Waals surface area contributed by atoms with Gasteiger partial charge < -0.3 is 9.88 Å². The van der Waals surface area contributed by atoms with Crippen LogP contribution in [0.15, 0.2) is 18.3 Å². The van der Waals surface area contributed by atoms with Crippen LogP contribution in [0.2, 0.25) is 0 Å². The summed E-state index contributed by atoms with van der Waals surface area (Å²) in [6.45, 7) is 8.81. The molecule has 2 heteroatoms. The SMILES string of the molecule is CNC(C)(C)c1cn(C)c2c(C)c(C)ccc12. The van der Waals surface area contributed by atoms with E-state index in [1.807, 2.05) is 7.05 Å². The van der Waals surface area contributed by atoms with Crippen molar-refractivity contribution in [3.05, 3.63) is 35.0 Å². The van der Waals surface area contributed by atoms with Crippen LogP contribution in [0.4, 0.5) is 0 Å². The molecule has 0 aliphatic heterocycles. The van der Waals surface area contributed by atoms with E-state index >= 15 is 0 Å². The third-order valence-corrected chi connectivity index (χ3v) is 3.97. The zero-order valence-electron chi connectivity index (χ0n) is 11.7. The first-order valence-corrected chi connectivity index (χ1v) is 6.13. The first-order valence-electron chi connectivity index (χ1n) is 6.13. The predicted octanol–water partition coefficient (Wildman–Crippen LogP) is 3.25. The molecular formula is C15H22N2. The molecule has 0 bridgehead atoms. The Morgan fingerprint density at radius 1 is 1.18 bits per heavy atom. The van der Waals surface area contributed by atoms with Crippen molar-refractivity contribution in [2.45, 2.75) is 33.2 Å². The monoisotopic (exact) mass is 230 g/mol. The molecule has 17 heavy (non-hydrogen) atoms. The van der Waals surface area contributed by atoms with Gasteiger partial charge >= 0.3 is 0 Å². The summed E-state index contributed by atoms with van der Waals surface area (Å²) in [5.74, 6) is 0. The van der Waals surface area contributed by atoms with E-state index in [1.165, 1.54) is 27.6 Å². The number of fused-ring (bicyclic) bond motifs is 1. The number of nitrogens with one attached hydrogen (secondary N) is 1. The van der Waals surface area contributed by atoms with Crippen molar-refractivity contribution in [1.82, 2.24) is 9.88 Å². The zero-order valence-corrected chi connectivity index (χ0v) is 11.7. The molecule has 2 nitrogen and oxygen atoms in total. The van der Waals surface area contributed by atoms with Gasteiger partial charge in [0.2, 0.25) is 0 Å². The third-order valence-electron chi connectivity index (χ3n) is 3.97. The van der Waals surface area contributed by atoms with E-state index in [4.69, 9.17) is 0 Å². The second-order valence-electron chi connectivity index (χ2n) is 5.43. The van der Waals surface area contributed by atoms with Crippen molar-refractivity contribution < 1.29 is 0 Å². The molecule has 2 rings (SSSR count). The standard InChI is InChI=1S/C15H22N2/c1-10-7-8-12-13(15(3,4)16-5)9-17(6)14(12)11(10)2/h7-9,16H,1-6H3. The summed E-state index contributed by atoms with van der Waals surface area (Å²) < 4.78 is 2.24. The maximum absolute atomic E-state index is 3.38. The summed E-state index contributed by atoms with van der Waals surface area (Å²) >= 11 is 0. The summed E-state index contributed by atoms with van der Waals surface area (Å²) in [5, 5.41) is 4.74. The van der Waals surface area contributed by atoms with E-state index in [0.717, 1.165) is 0 Å². The number of nitrogens with zero attached hydrogens (tertiary/aromatic N) is 1. The normalized spacial score (nSPS) is 12.4. The highest BCUT2D eigenvalue weighted by molar-refractivity contribution is 5.88. The molecule has 1 aromatic heterocycles. The molecule has 92 valence electrons. The van der Waals surface area contributed by atoms with Crippen LogP contribution in [0.25, 0.3) is 10.9 Å². The molecule has 2 aromatic rings. The van der Waals surface area contributed by atoms with E-state index < -0.39 is 0 Å². The number of aromatic nitrogens is 1. The Labute approximate surface area is 104 Å². The highest BCUT2D eigenvalue weighted by Gasteiger charge is 2.23. The molecule has 0 atom stereocenters. The molecule has 0 amide bonds. The maximum atomic E-state index is 3.38. The van der Waals surface area contributed by atoms with Gasteiger partial charge in [0, 0.05) is 24.2 Å². The lowest BCUT2D eigenvalue weighted by atomic mass is 9.93. The van der Waals surface area contributed by atoms with Crippen molar-refractivity contribution in [3.63, 3.8) is 0 Å². The van der Waals surface area contributed by atoms with Crippen LogP contribution in [0.5, 0.6) is 0 Å². The van der Waals surface area contributed by atoms with Crippen LogP contribution in [-0.2, 0) is 12.6 Å². The van der Waals surface area contributed by atoms with Gasteiger partial charge in [0.05, 0.1) is 5.52 Å². The molecule has 1 N–H and O–H groups in total. The van der Waals surface area contributed by atoms with Gasteiger partial charge in [-0.25, -0.2) is 0 Å². The summed E-state index contributed by atoms with van der Waals surface area (Å²) in [7, 11) is 4.14. The first-order chi connectivity index (χ1) is 7.88. The largest absolute Gasteiger partial charge is 0.350 e. The average molecular weight is 230 g/mol. The van der Waals surface area contributed by atoms with Crippen LogP contribution in [0, 0.1) is 13.8 Å². The molecule has 0 saturated heterocycles. The molecule has 1 heterocycles. The Kier molecular flexibility index (Phi) is 2.78. The Morgan fingerprint density at radius 2 is 1.82 bits per heavy atom. The topological polar surface area (TPSA) is 17.0 Å². The van der Waals surface area contributed by atoms with Crippen LogP contribution in [0.1, 0.15) is 30.5 Å². The van der Waals surface area contributed by atoms with Gasteiger partial charge in [0.15, 0.2) is 0 Å². The van der Waals surface area contributed by atoms with Gasteiger partial charge in [-0.1, -0.05) is 12.1 Å². The fraction of sp³-hybridized carbons (Fsp3) is 0.467. The lowest BCUT2D eigenvalue weighted by Crippen LogP contribution is -2.32.